The molecule has 0 saturated heterocycles. The summed E-state index contributed by atoms with van der Waals surface area (Å²) in [5.41, 5.74) is 5.61. The van der Waals surface area contributed by atoms with Gasteiger partial charge < -0.3 is 14.8 Å². The van der Waals surface area contributed by atoms with E-state index in [-0.39, 0.29) is 5.91 Å². The van der Waals surface area contributed by atoms with Crippen LogP contribution in [0.15, 0.2) is 42.5 Å². The van der Waals surface area contributed by atoms with Gasteiger partial charge in [-0.2, -0.15) is 0 Å². The number of carbonyl (C=O) groups is 1. The Morgan fingerprint density at radius 1 is 1.15 bits per heavy atom. The average Bonchev–Trinajstić information content (AvgIpc) is 2.96. The number of aromatic nitrogens is 1. The number of carbonyl (C=O) groups excluding carboxylic acids is 1. The lowest BCUT2D eigenvalue weighted by atomic mass is 9.97. The highest BCUT2D eigenvalue weighted by Crippen LogP contribution is 2.26. The summed E-state index contributed by atoms with van der Waals surface area (Å²) < 4.78 is 1.96. The highest BCUT2D eigenvalue weighted by Gasteiger charge is 2.24. The van der Waals surface area contributed by atoms with Gasteiger partial charge in [0.15, 0.2) is 0 Å². The predicted molar refractivity (Wildman–Crippen MR) is 106 cm³/mol. The molecular formula is C21H22ClN3O. The van der Waals surface area contributed by atoms with Gasteiger partial charge in [0.25, 0.3) is 5.91 Å². The van der Waals surface area contributed by atoms with Crippen molar-refractivity contribution in [3.8, 4) is 0 Å². The topological polar surface area (TPSA) is 37.3 Å². The van der Waals surface area contributed by atoms with E-state index in [1.807, 2.05) is 47.8 Å². The molecule has 0 spiro atoms. The predicted octanol–water partition coefficient (Wildman–Crippen LogP) is 3.75. The molecule has 0 bridgehead atoms. The fourth-order valence-corrected chi connectivity index (χ4v) is 3.96. The SMILES string of the molecule is CNCc1ccc2c(c1)CCN(C(=O)c1cc3cc(Cl)ccc3n1C)C2. The Balaban J connectivity index is 1.61. The Morgan fingerprint density at radius 2 is 2.00 bits per heavy atom. The zero-order valence-corrected chi connectivity index (χ0v) is 15.8. The molecule has 0 unspecified atom stereocenters. The molecule has 1 aliphatic heterocycles. The molecule has 1 N–H and O–H groups in total. The summed E-state index contributed by atoms with van der Waals surface area (Å²) >= 11 is 6.09. The van der Waals surface area contributed by atoms with Crippen molar-refractivity contribution < 1.29 is 4.79 Å². The Morgan fingerprint density at radius 3 is 2.81 bits per heavy atom. The minimum atomic E-state index is 0.0739. The lowest BCUT2D eigenvalue weighted by Gasteiger charge is -2.29. The van der Waals surface area contributed by atoms with E-state index >= 15 is 0 Å². The zero-order chi connectivity index (χ0) is 18.3. The number of fused-ring (bicyclic) bond motifs is 2. The number of rotatable bonds is 3. The van der Waals surface area contributed by atoms with Crippen LogP contribution in [-0.2, 0) is 26.6 Å². The molecule has 1 aromatic heterocycles. The third-order valence-corrected chi connectivity index (χ3v) is 5.41. The maximum Gasteiger partial charge on any atom is 0.270 e. The molecule has 0 saturated carbocycles. The lowest BCUT2D eigenvalue weighted by molar-refractivity contribution is 0.0725. The second-order valence-corrected chi connectivity index (χ2v) is 7.34. The molecule has 0 radical (unpaired) electrons. The van der Waals surface area contributed by atoms with Crippen molar-refractivity contribution >= 4 is 28.4 Å². The smallest absolute Gasteiger partial charge is 0.270 e. The van der Waals surface area contributed by atoms with Crippen LogP contribution in [0.4, 0.5) is 0 Å². The van der Waals surface area contributed by atoms with Crippen LogP contribution in [0.2, 0.25) is 5.02 Å². The number of hydrogen-bond donors (Lipinski definition) is 1. The van der Waals surface area contributed by atoms with Crippen LogP contribution in [0.1, 0.15) is 27.2 Å². The standard InChI is InChI=1S/C21H22ClN3O/c1-23-12-14-3-4-16-13-25(8-7-15(16)9-14)21(26)20-11-17-10-18(22)5-6-19(17)24(20)2/h3-6,9-11,23H,7-8,12-13H2,1-2H3. The fourth-order valence-electron chi connectivity index (χ4n) is 3.78. The van der Waals surface area contributed by atoms with E-state index in [2.05, 4.69) is 23.5 Å². The van der Waals surface area contributed by atoms with E-state index in [1.54, 1.807) is 0 Å². The van der Waals surface area contributed by atoms with Gasteiger partial charge in [-0.05, 0) is 54.4 Å². The van der Waals surface area contributed by atoms with Crippen molar-refractivity contribution in [3.05, 3.63) is 69.9 Å². The van der Waals surface area contributed by atoms with Gasteiger partial charge in [-0.25, -0.2) is 0 Å². The summed E-state index contributed by atoms with van der Waals surface area (Å²) in [6, 6.07) is 14.2. The second kappa shape index (κ2) is 6.78. The summed E-state index contributed by atoms with van der Waals surface area (Å²) in [4.78, 5) is 15.1. The van der Waals surface area contributed by atoms with E-state index < -0.39 is 0 Å². The largest absolute Gasteiger partial charge is 0.340 e. The summed E-state index contributed by atoms with van der Waals surface area (Å²) in [5.74, 6) is 0.0739. The van der Waals surface area contributed by atoms with Gasteiger partial charge >= 0.3 is 0 Å². The third kappa shape index (κ3) is 3.00. The monoisotopic (exact) mass is 367 g/mol. The summed E-state index contributed by atoms with van der Waals surface area (Å²) in [6.07, 6.45) is 0.897. The van der Waals surface area contributed by atoms with Crippen LogP contribution >= 0.6 is 11.6 Å². The van der Waals surface area contributed by atoms with Crippen molar-refractivity contribution in [1.82, 2.24) is 14.8 Å². The first-order chi connectivity index (χ1) is 12.6. The van der Waals surface area contributed by atoms with Gasteiger partial charge in [0.1, 0.15) is 5.69 Å². The molecule has 0 atom stereocenters. The first kappa shape index (κ1) is 17.1. The average molecular weight is 368 g/mol. The molecule has 4 rings (SSSR count). The van der Waals surface area contributed by atoms with E-state index in [1.165, 1.54) is 16.7 Å². The summed E-state index contributed by atoms with van der Waals surface area (Å²) in [5, 5.41) is 4.87. The van der Waals surface area contributed by atoms with Gasteiger partial charge in [-0.1, -0.05) is 29.8 Å². The maximum absolute atomic E-state index is 13.1. The molecule has 0 aliphatic carbocycles. The van der Waals surface area contributed by atoms with Crippen molar-refractivity contribution in [3.63, 3.8) is 0 Å². The molecule has 26 heavy (non-hydrogen) atoms. The van der Waals surface area contributed by atoms with Crippen molar-refractivity contribution in [2.75, 3.05) is 13.6 Å². The Hall–Kier alpha value is -2.30. The zero-order valence-electron chi connectivity index (χ0n) is 15.1. The first-order valence-corrected chi connectivity index (χ1v) is 9.24. The quantitative estimate of drug-likeness (QED) is 0.765. The van der Waals surface area contributed by atoms with Crippen LogP contribution in [0.25, 0.3) is 10.9 Å². The molecule has 0 fully saturated rings. The number of nitrogens with one attached hydrogen (secondary N) is 1. The minimum absolute atomic E-state index is 0.0739. The minimum Gasteiger partial charge on any atom is -0.340 e. The van der Waals surface area contributed by atoms with Gasteiger partial charge in [0.05, 0.1) is 0 Å². The van der Waals surface area contributed by atoms with Crippen molar-refractivity contribution in [1.29, 1.82) is 0 Å². The third-order valence-electron chi connectivity index (χ3n) is 5.17. The van der Waals surface area contributed by atoms with Crippen LogP contribution in [0.3, 0.4) is 0 Å². The molecule has 2 aromatic carbocycles. The van der Waals surface area contributed by atoms with E-state index in [4.69, 9.17) is 11.6 Å². The van der Waals surface area contributed by atoms with E-state index in [9.17, 15) is 4.79 Å². The molecule has 3 aromatic rings. The molecule has 134 valence electrons. The highest BCUT2D eigenvalue weighted by atomic mass is 35.5. The van der Waals surface area contributed by atoms with Crippen LogP contribution in [0, 0.1) is 0 Å². The Kier molecular flexibility index (Phi) is 4.47. The molecule has 2 heterocycles. The van der Waals surface area contributed by atoms with Gasteiger partial charge in [-0.3, -0.25) is 4.79 Å². The van der Waals surface area contributed by atoms with E-state index in [0.29, 0.717) is 17.3 Å². The molecular weight excluding hydrogens is 346 g/mol. The normalized spacial score (nSPS) is 13.9. The molecule has 1 amide bonds. The number of amides is 1. The Labute approximate surface area is 158 Å². The van der Waals surface area contributed by atoms with Gasteiger partial charge in [0.2, 0.25) is 0 Å². The lowest BCUT2D eigenvalue weighted by Crippen LogP contribution is -2.36. The number of halogens is 1. The maximum atomic E-state index is 13.1. The first-order valence-electron chi connectivity index (χ1n) is 8.86. The van der Waals surface area contributed by atoms with E-state index in [0.717, 1.165) is 30.4 Å². The number of benzene rings is 2. The Bertz CT molecular complexity index is 992. The number of aryl methyl sites for hydroxylation is 1. The van der Waals surface area contributed by atoms with Crippen LogP contribution in [0.5, 0.6) is 0 Å². The molecule has 4 nitrogen and oxygen atoms in total. The molecule has 1 aliphatic rings. The van der Waals surface area contributed by atoms with Crippen molar-refractivity contribution in [2.24, 2.45) is 7.05 Å². The van der Waals surface area contributed by atoms with Gasteiger partial charge in [0, 0.05) is 42.6 Å². The number of hydrogen-bond acceptors (Lipinski definition) is 2. The number of nitrogens with zero attached hydrogens (tertiary/aromatic N) is 2. The van der Waals surface area contributed by atoms with Gasteiger partial charge in [-0.15, -0.1) is 0 Å². The summed E-state index contributed by atoms with van der Waals surface area (Å²) in [7, 11) is 3.89. The van der Waals surface area contributed by atoms with Crippen LogP contribution in [-0.4, -0.2) is 29.0 Å². The van der Waals surface area contributed by atoms with Crippen LogP contribution < -0.4 is 5.32 Å². The molecule has 5 heteroatoms. The second-order valence-electron chi connectivity index (χ2n) is 6.90. The van der Waals surface area contributed by atoms with Crippen molar-refractivity contribution in [2.45, 2.75) is 19.5 Å². The highest BCUT2D eigenvalue weighted by molar-refractivity contribution is 6.31. The fraction of sp³-hybridized carbons (Fsp3) is 0.286. The summed E-state index contributed by atoms with van der Waals surface area (Å²) in [6.45, 7) is 2.28.